The van der Waals surface area contributed by atoms with Gasteiger partial charge in [0.1, 0.15) is 10.0 Å². The van der Waals surface area contributed by atoms with Gasteiger partial charge in [0, 0.05) is 11.9 Å². The third-order valence-corrected chi connectivity index (χ3v) is 5.21. The van der Waals surface area contributed by atoms with Gasteiger partial charge in [0.2, 0.25) is 0 Å². The number of aromatic nitrogens is 1. The Kier molecular flexibility index (Phi) is 5.61. The summed E-state index contributed by atoms with van der Waals surface area (Å²) in [5, 5.41) is 0.169. The zero-order chi connectivity index (χ0) is 17.0. The summed E-state index contributed by atoms with van der Waals surface area (Å²) in [5.41, 5.74) is 0.648. The van der Waals surface area contributed by atoms with Crippen molar-refractivity contribution in [3.05, 3.63) is 51.7 Å². The van der Waals surface area contributed by atoms with Crippen LogP contribution < -0.4 is 4.72 Å². The van der Waals surface area contributed by atoms with E-state index >= 15 is 0 Å². The predicted molar refractivity (Wildman–Crippen MR) is 90.2 cm³/mol. The number of rotatable bonds is 5. The summed E-state index contributed by atoms with van der Waals surface area (Å²) in [7, 11) is -3.81. The van der Waals surface area contributed by atoms with Crippen molar-refractivity contribution < 1.29 is 17.9 Å². The van der Waals surface area contributed by atoms with Crippen molar-refractivity contribution in [2.24, 2.45) is 0 Å². The summed E-state index contributed by atoms with van der Waals surface area (Å²) < 4.78 is 32.2. The molecule has 122 valence electrons. The van der Waals surface area contributed by atoms with Crippen LogP contribution in [0, 0.1) is 0 Å². The molecule has 0 unspecified atom stereocenters. The van der Waals surface area contributed by atoms with Crippen LogP contribution >= 0.6 is 27.5 Å². The number of carbonyl (C=O) groups is 1. The van der Waals surface area contributed by atoms with Gasteiger partial charge >= 0.3 is 5.97 Å². The maximum atomic E-state index is 12.3. The second-order valence-corrected chi connectivity index (χ2v) is 7.24. The molecule has 0 fully saturated rings. The maximum absolute atomic E-state index is 12.3. The first kappa shape index (κ1) is 17.7. The summed E-state index contributed by atoms with van der Waals surface area (Å²) in [6, 6.07) is 7.26. The molecule has 1 heterocycles. The molecule has 0 aliphatic heterocycles. The average molecular weight is 420 g/mol. The molecule has 0 radical (unpaired) electrons. The number of esters is 1. The number of ether oxygens (including phenoxy) is 1. The number of pyridine rings is 1. The largest absolute Gasteiger partial charge is 0.462 e. The van der Waals surface area contributed by atoms with Gasteiger partial charge in [0.05, 0.1) is 16.6 Å². The van der Waals surface area contributed by atoms with E-state index in [-0.39, 0.29) is 16.7 Å². The lowest BCUT2D eigenvalue weighted by molar-refractivity contribution is 0.0526. The van der Waals surface area contributed by atoms with Crippen molar-refractivity contribution in [3.63, 3.8) is 0 Å². The van der Waals surface area contributed by atoms with Crippen LogP contribution in [0.25, 0.3) is 0 Å². The van der Waals surface area contributed by atoms with E-state index in [1.165, 1.54) is 30.3 Å². The van der Waals surface area contributed by atoms with Crippen LogP contribution in [0.2, 0.25) is 5.15 Å². The molecule has 0 saturated heterocycles. The molecule has 0 atom stereocenters. The first-order valence-corrected chi connectivity index (χ1v) is 9.10. The lowest BCUT2D eigenvalue weighted by Gasteiger charge is -2.09. The van der Waals surface area contributed by atoms with Crippen molar-refractivity contribution in [2.45, 2.75) is 11.8 Å². The highest BCUT2D eigenvalue weighted by atomic mass is 79.9. The topological polar surface area (TPSA) is 85.4 Å². The SMILES string of the molecule is CCOC(=O)c1ccc(NS(=O)(=O)c2cnc(Cl)c(Br)c2)cc1. The van der Waals surface area contributed by atoms with Crippen LogP contribution in [-0.4, -0.2) is 26.0 Å². The lowest BCUT2D eigenvalue weighted by atomic mass is 10.2. The number of hydrogen-bond donors (Lipinski definition) is 1. The molecular weight excluding hydrogens is 408 g/mol. The fourth-order valence-electron chi connectivity index (χ4n) is 1.65. The Bertz CT molecular complexity index is 825. The normalized spacial score (nSPS) is 11.1. The van der Waals surface area contributed by atoms with Gasteiger partial charge in [-0.05, 0) is 53.2 Å². The second kappa shape index (κ2) is 7.29. The Morgan fingerprint density at radius 2 is 2.00 bits per heavy atom. The summed E-state index contributed by atoms with van der Waals surface area (Å²) in [5.74, 6) is -0.465. The van der Waals surface area contributed by atoms with Crippen LogP contribution in [0.5, 0.6) is 0 Å². The third kappa shape index (κ3) is 4.43. The number of hydrogen-bond acceptors (Lipinski definition) is 5. The van der Waals surface area contributed by atoms with Gasteiger partial charge in [-0.1, -0.05) is 11.6 Å². The van der Waals surface area contributed by atoms with Crippen molar-refractivity contribution in [3.8, 4) is 0 Å². The molecule has 2 aromatic rings. The van der Waals surface area contributed by atoms with Crippen LogP contribution in [0.4, 0.5) is 5.69 Å². The molecule has 9 heteroatoms. The first-order valence-electron chi connectivity index (χ1n) is 6.44. The molecule has 1 aromatic heterocycles. The number of anilines is 1. The number of sulfonamides is 1. The Labute approximate surface area is 147 Å². The number of carbonyl (C=O) groups excluding carboxylic acids is 1. The molecule has 6 nitrogen and oxygen atoms in total. The zero-order valence-corrected chi connectivity index (χ0v) is 15.1. The van der Waals surface area contributed by atoms with E-state index in [2.05, 4.69) is 25.6 Å². The van der Waals surface area contributed by atoms with Gasteiger partial charge in [-0.2, -0.15) is 0 Å². The third-order valence-electron chi connectivity index (χ3n) is 2.73. The molecule has 1 aromatic carbocycles. The average Bonchev–Trinajstić information content (AvgIpc) is 2.50. The van der Waals surface area contributed by atoms with Gasteiger partial charge < -0.3 is 4.74 Å². The van der Waals surface area contributed by atoms with Crippen molar-refractivity contribution in [1.29, 1.82) is 0 Å². The van der Waals surface area contributed by atoms with E-state index in [1.807, 2.05) is 0 Å². The molecule has 1 N–H and O–H groups in total. The minimum atomic E-state index is -3.81. The Balaban J connectivity index is 2.20. The van der Waals surface area contributed by atoms with Gasteiger partial charge in [-0.25, -0.2) is 18.2 Å². The van der Waals surface area contributed by atoms with Crippen molar-refractivity contribution in [2.75, 3.05) is 11.3 Å². The van der Waals surface area contributed by atoms with Gasteiger partial charge in [-0.3, -0.25) is 4.72 Å². The molecule has 23 heavy (non-hydrogen) atoms. The lowest BCUT2D eigenvalue weighted by Crippen LogP contribution is -2.13. The molecule has 0 aliphatic rings. The van der Waals surface area contributed by atoms with Crippen LogP contribution in [0.15, 0.2) is 45.9 Å². The fourth-order valence-corrected chi connectivity index (χ4v) is 3.29. The van der Waals surface area contributed by atoms with Crippen molar-refractivity contribution >= 4 is 49.2 Å². The van der Waals surface area contributed by atoms with Crippen molar-refractivity contribution in [1.82, 2.24) is 4.98 Å². The molecule has 2 rings (SSSR count). The molecular formula is C14H12BrClN2O4S. The van der Waals surface area contributed by atoms with E-state index < -0.39 is 16.0 Å². The predicted octanol–water partition coefficient (Wildman–Crippen LogP) is 3.48. The molecule has 0 aliphatic carbocycles. The Morgan fingerprint density at radius 1 is 1.35 bits per heavy atom. The standard InChI is InChI=1S/C14H12BrClN2O4S/c1-2-22-14(19)9-3-5-10(6-4-9)18-23(20,21)11-7-12(15)13(16)17-8-11/h3-8,18H,2H2,1H3. The highest BCUT2D eigenvalue weighted by Gasteiger charge is 2.16. The minimum Gasteiger partial charge on any atom is -0.462 e. The summed E-state index contributed by atoms with van der Waals surface area (Å²) in [6.07, 6.45) is 1.16. The molecule has 0 bridgehead atoms. The van der Waals surface area contributed by atoms with E-state index in [9.17, 15) is 13.2 Å². The number of benzene rings is 1. The number of nitrogens with one attached hydrogen (secondary N) is 1. The highest BCUT2D eigenvalue weighted by Crippen LogP contribution is 2.24. The van der Waals surface area contributed by atoms with Crippen LogP contribution in [0.3, 0.4) is 0 Å². The van der Waals surface area contributed by atoms with E-state index in [0.29, 0.717) is 15.7 Å². The van der Waals surface area contributed by atoms with E-state index in [0.717, 1.165) is 6.20 Å². The quantitative estimate of drug-likeness (QED) is 0.592. The van der Waals surface area contributed by atoms with Gasteiger partial charge in [-0.15, -0.1) is 0 Å². The number of halogens is 2. The summed E-state index contributed by atoms with van der Waals surface area (Å²) in [4.78, 5) is 15.3. The van der Waals surface area contributed by atoms with Gasteiger partial charge in [0.25, 0.3) is 10.0 Å². The smallest absolute Gasteiger partial charge is 0.338 e. The van der Waals surface area contributed by atoms with E-state index in [1.54, 1.807) is 6.92 Å². The van der Waals surface area contributed by atoms with Crippen LogP contribution in [0.1, 0.15) is 17.3 Å². The fraction of sp³-hybridized carbons (Fsp3) is 0.143. The maximum Gasteiger partial charge on any atom is 0.338 e. The van der Waals surface area contributed by atoms with E-state index in [4.69, 9.17) is 16.3 Å². The van der Waals surface area contributed by atoms with Gasteiger partial charge in [0.15, 0.2) is 0 Å². The minimum absolute atomic E-state index is 0.0387. The zero-order valence-electron chi connectivity index (χ0n) is 11.9. The Morgan fingerprint density at radius 3 is 2.57 bits per heavy atom. The Hall–Kier alpha value is -1.64. The van der Waals surface area contributed by atoms with Crippen LogP contribution in [-0.2, 0) is 14.8 Å². The highest BCUT2D eigenvalue weighted by molar-refractivity contribution is 9.10. The number of nitrogens with zero attached hydrogens (tertiary/aromatic N) is 1. The monoisotopic (exact) mass is 418 g/mol. The summed E-state index contributed by atoms with van der Waals surface area (Å²) >= 11 is 8.87. The first-order chi connectivity index (χ1) is 10.8. The molecule has 0 saturated carbocycles. The molecule has 0 spiro atoms. The molecule has 0 amide bonds. The summed E-state index contributed by atoms with van der Waals surface area (Å²) in [6.45, 7) is 1.98. The second-order valence-electron chi connectivity index (χ2n) is 4.35.